The average Bonchev–Trinajstić information content (AvgIpc) is 3.43. The van der Waals surface area contributed by atoms with Crippen LogP contribution in [0, 0.1) is 0 Å². The fraction of sp³-hybridized carbons (Fsp3) is 0. The van der Waals surface area contributed by atoms with Crippen molar-refractivity contribution in [1.82, 2.24) is 35.1 Å². The highest BCUT2D eigenvalue weighted by Gasteiger charge is 2.15. The van der Waals surface area contributed by atoms with Crippen LogP contribution in [-0.2, 0) is 0 Å². The topological polar surface area (TPSA) is 122 Å². The van der Waals surface area contributed by atoms with E-state index in [4.69, 9.17) is 5.73 Å². The Kier molecular flexibility index (Phi) is 3.76. The lowest BCUT2D eigenvalue weighted by atomic mass is 10.1. The Labute approximate surface area is 176 Å². The van der Waals surface area contributed by atoms with Gasteiger partial charge in [-0.25, -0.2) is 0 Å². The Hall–Kier alpha value is -4.59. The van der Waals surface area contributed by atoms with E-state index in [1.54, 1.807) is 31.0 Å². The molecule has 148 valence electrons. The third kappa shape index (κ3) is 2.89. The molecule has 4 N–H and O–H groups in total. The smallest absolute Gasteiger partial charge is 0.116 e. The van der Waals surface area contributed by atoms with Gasteiger partial charge in [-0.05, 0) is 36.4 Å². The molecule has 0 saturated carbocycles. The number of aromatic nitrogens is 7. The van der Waals surface area contributed by atoms with Crippen molar-refractivity contribution in [3.05, 3.63) is 73.4 Å². The fourth-order valence-electron chi connectivity index (χ4n) is 3.77. The minimum atomic E-state index is 0.594. The molecular formula is C23H16N8. The molecular weight excluding hydrogens is 388 g/mol. The Morgan fingerprint density at radius 2 is 1.68 bits per heavy atom. The quantitative estimate of drug-likeness (QED) is 0.406. The summed E-state index contributed by atoms with van der Waals surface area (Å²) in [6.07, 6.45) is 8.68. The number of pyridine rings is 4. The Bertz CT molecular complexity index is 1550. The van der Waals surface area contributed by atoms with E-state index >= 15 is 0 Å². The van der Waals surface area contributed by atoms with E-state index in [-0.39, 0.29) is 0 Å². The van der Waals surface area contributed by atoms with Gasteiger partial charge in [-0.15, -0.1) is 0 Å². The lowest BCUT2D eigenvalue weighted by Crippen LogP contribution is -1.89. The number of nitrogens with zero attached hydrogens (tertiary/aromatic N) is 5. The van der Waals surface area contributed by atoms with Crippen LogP contribution in [0.3, 0.4) is 0 Å². The maximum Gasteiger partial charge on any atom is 0.116 e. The van der Waals surface area contributed by atoms with Gasteiger partial charge in [0.1, 0.15) is 5.69 Å². The van der Waals surface area contributed by atoms with Crippen molar-refractivity contribution >= 4 is 27.5 Å². The molecule has 0 unspecified atom stereocenters. The normalized spacial score (nSPS) is 11.4. The second-order valence-electron chi connectivity index (χ2n) is 7.21. The number of hydrogen-bond acceptors (Lipinski definition) is 6. The molecule has 0 aliphatic heterocycles. The van der Waals surface area contributed by atoms with Gasteiger partial charge in [-0.3, -0.25) is 25.0 Å². The first kappa shape index (κ1) is 17.3. The molecule has 6 aromatic heterocycles. The van der Waals surface area contributed by atoms with Crippen molar-refractivity contribution in [1.29, 1.82) is 0 Å². The molecule has 31 heavy (non-hydrogen) atoms. The molecule has 0 saturated heterocycles. The third-order valence-electron chi connectivity index (χ3n) is 5.21. The molecule has 6 aromatic rings. The van der Waals surface area contributed by atoms with Crippen molar-refractivity contribution in [2.45, 2.75) is 0 Å². The lowest BCUT2D eigenvalue weighted by molar-refractivity contribution is 1.11. The van der Waals surface area contributed by atoms with E-state index in [0.29, 0.717) is 5.69 Å². The summed E-state index contributed by atoms with van der Waals surface area (Å²) in [6, 6.07) is 13.7. The third-order valence-corrected chi connectivity index (χ3v) is 5.21. The first-order chi connectivity index (χ1) is 15.3. The van der Waals surface area contributed by atoms with Gasteiger partial charge in [-0.2, -0.15) is 5.10 Å². The van der Waals surface area contributed by atoms with Gasteiger partial charge in [0.15, 0.2) is 0 Å². The van der Waals surface area contributed by atoms with Gasteiger partial charge in [0.25, 0.3) is 0 Å². The summed E-state index contributed by atoms with van der Waals surface area (Å²) >= 11 is 0. The largest absolute Gasteiger partial charge is 0.397 e. The average molecular weight is 404 g/mol. The molecule has 0 spiro atoms. The zero-order valence-electron chi connectivity index (χ0n) is 16.2. The van der Waals surface area contributed by atoms with Gasteiger partial charge in [0, 0.05) is 46.6 Å². The molecule has 0 amide bonds. The highest BCUT2D eigenvalue weighted by molar-refractivity contribution is 6.00. The van der Waals surface area contributed by atoms with Crippen LogP contribution in [0.1, 0.15) is 0 Å². The minimum Gasteiger partial charge on any atom is -0.397 e. The number of nitrogens with two attached hydrogens (primary N) is 1. The number of hydrogen-bond donors (Lipinski definition) is 3. The zero-order chi connectivity index (χ0) is 20.8. The Balaban J connectivity index is 1.51. The molecule has 0 atom stereocenters. The SMILES string of the molecule is Nc1cncc(-c2cc3c(-c4cc5c(-c6ccccn6)nccc5[nH]4)n[nH]c3cn2)c1. The number of fused-ring (bicyclic) bond motifs is 2. The van der Waals surface area contributed by atoms with Crippen molar-refractivity contribution in [2.75, 3.05) is 5.73 Å². The molecule has 0 bridgehead atoms. The highest BCUT2D eigenvalue weighted by atomic mass is 15.1. The van der Waals surface area contributed by atoms with Gasteiger partial charge in [0.2, 0.25) is 0 Å². The van der Waals surface area contributed by atoms with Crippen LogP contribution in [0.5, 0.6) is 0 Å². The van der Waals surface area contributed by atoms with Crippen LogP contribution in [0.15, 0.2) is 73.4 Å². The summed E-state index contributed by atoms with van der Waals surface area (Å²) in [4.78, 5) is 21.2. The number of rotatable bonds is 3. The monoisotopic (exact) mass is 404 g/mol. The lowest BCUT2D eigenvalue weighted by Gasteiger charge is -2.02. The summed E-state index contributed by atoms with van der Waals surface area (Å²) in [5.74, 6) is 0. The van der Waals surface area contributed by atoms with Crippen molar-refractivity contribution in [3.63, 3.8) is 0 Å². The van der Waals surface area contributed by atoms with Gasteiger partial charge >= 0.3 is 0 Å². The first-order valence-corrected chi connectivity index (χ1v) is 9.71. The summed E-state index contributed by atoms with van der Waals surface area (Å²) < 4.78 is 0. The van der Waals surface area contributed by atoms with E-state index in [0.717, 1.165) is 55.8 Å². The van der Waals surface area contributed by atoms with Crippen LogP contribution in [-0.4, -0.2) is 35.1 Å². The van der Waals surface area contributed by atoms with Crippen LogP contribution in [0.25, 0.3) is 55.8 Å². The summed E-state index contributed by atoms with van der Waals surface area (Å²) in [6.45, 7) is 0. The molecule has 6 heterocycles. The molecule has 0 radical (unpaired) electrons. The standard InChI is InChI=1S/C23H16N8/c24-14-7-13(10-25-11-14)19-8-16-21(12-28-19)30-31-23(16)20-9-15-17(29-20)4-6-27-22(15)18-3-1-2-5-26-18/h1-12,29H,24H2,(H,30,31). The highest BCUT2D eigenvalue weighted by Crippen LogP contribution is 2.33. The van der Waals surface area contributed by atoms with Crippen LogP contribution < -0.4 is 5.73 Å². The molecule has 0 aliphatic rings. The van der Waals surface area contributed by atoms with Crippen molar-refractivity contribution in [3.8, 4) is 34.0 Å². The van der Waals surface area contributed by atoms with Gasteiger partial charge < -0.3 is 10.7 Å². The second-order valence-corrected chi connectivity index (χ2v) is 7.21. The number of anilines is 1. The fourth-order valence-corrected chi connectivity index (χ4v) is 3.77. The number of H-pyrrole nitrogens is 2. The van der Waals surface area contributed by atoms with Gasteiger partial charge in [-0.1, -0.05) is 6.07 Å². The Morgan fingerprint density at radius 1 is 0.742 bits per heavy atom. The Morgan fingerprint density at radius 3 is 2.55 bits per heavy atom. The maximum absolute atomic E-state index is 5.89. The van der Waals surface area contributed by atoms with E-state index < -0.39 is 0 Å². The maximum atomic E-state index is 5.89. The molecule has 0 aliphatic carbocycles. The zero-order valence-corrected chi connectivity index (χ0v) is 16.2. The first-order valence-electron chi connectivity index (χ1n) is 9.71. The van der Waals surface area contributed by atoms with Crippen LogP contribution in [0.2, 0.25) is 0 Å². The van der Waals surface area contributed by atoms with E-state index in [2.05, 4.69) is 41.2 Å². The van der Waals surface area contributed by atoms with Crippen molar-refractivity contribution in [2.24, 2.45) is 0 Å². The van der Waals surface area contributed by atoms with Crippen LogP contribution in [0.4, 0.5) is 5.69 Å². The van der Waals surface area contributed by atoms with E-state index in [1.165, 1.54) is 0 Å². The molecule has 6 rings (SSSR count). The summed E-state index contributed by atoms with van der Waals surface area (Å²) in [5.41, 5.74) is 13.3. The van der Waals surface area contributed by atoms with E-state index in [1.807, 2.05) is 36.4 Å². The molecule has 0 aromatic carbocycles. The predicted octanol–water partition coefficient (Wildman–Crippen LogP) is 4.21. The number of nitrogen functional groups attached to an aromatic ring is 1. The number of nitrogens with one attached hydrogen (secondary N) is 2. The van der Waals surface area contributed by atoms with Crippen LogP contribution >= 0.6 is 0 Å². The van der Waals surface area contributed by atoms with Gasteiger partial charge in [0.05, 0.1) is 40.2 Å². The molecule has 8 nitrogen and oxygen atoms in total. The van der Waals surface area contributed by atoms with E-state index in [9.17, 15) is 0 Å². The second kappa shape index (κ2) is 6.74. The predicted molar refractivity (Wildman–Crippen MR) is 120 cm³/mol. The van der Waals surface area contributed by atoms with Crippen molar-refractivity contribution < 1.29 is 0 Å². The summed E-state index contributed by atoms with van der Waals surface area (Å²) in [7, 11) is 0. The number of aromatic amines is 2. The summed E-state index contributed by atoms with van der Waals surface area (Å²) in [5, 5.41) is 9.55. The molecule has 8 heteroatoms. The minimum absolute atomic E-state index is 0.594. The molecule has 0 fully saturated rings.